The molecule has 0 aromatic heterocycles. The van der Waals surface area contributed by atoms with Crippen molar-refractivity contribution in [3.8, 4) is 17.6 Å². The number of aliphatic imine (C=N–C) groups is 1. The molecule has 2 N–H and O–H groups in total. The molecule has 3 atom stereocenters. The quantitative estimate of drug-likeness (QED) is 0.570. The first-order chi connectivity index (χ1) is 12.5. The average molecular weight is 360 g/mol. The lowest BCUT2D eigenvalue weighted by atomic mass is 9.91. The van der Waals surface area contributed by atoms with Gasteiger partial charge >= 0.3 is 0 Å². The van der Waals surface area contributed by atoms with E-state index in [9.17, 15) is 10.4 Å². The fourth-order valence-corrected chi connectivity index (χ4v) is 3.07. The SMILES string of the molecule is COc1cc(C#N)c(N=CN(C)C)cc1OC(C1CCCNC1)[C@H](C)O. The molecule has 7 nitrogen and oxygen atoms in total. The number of methoxy groups -OCH3 is 1. The Hall–Kier alpha value is -2.30. The Morgan fingerprint density at radius 3 is 2.73 bits per heavy atom. The number of aliphatic hydroxyl groups excluding tert-OH is 1. The molecular weight excluding hydrogens is 332 g/mol. The molecule has 0 radical (unpaired) electrons. The van der Waals surface area contributed by atoms with Crippen LogP contribution in [0.15, 0.2) is 17.1 Å². The van der Waals surface area contributed by atoms with Gasteiger partial charge in [-0.05, 0) is 26.3 Å². The fourth-order valence-electron chi connectivity index (χ4n) is 3.07. The van der Waals surface area contributed by atoms with Gasteiger partial charge < -0.3 is 24.8 Å². The van der Waals surface area contributed by atoms with Crippen molar-refractivity contribution < 1.29 is 14.6 Å². The van der Waals surface area contributed by atoms with Crippen LogP contribution in [0.3, 0.4) is 0 Å². The molecule has 2 unspecified atom stereocenters. The summed E-state index contributed by atoms with van der Waals surface area (Å²) in [6.07, 6.45) is 2.68. The van der Waals surface area contributed by atoms with Gasteiger partial charge in [-0.1, -0.05) is 0 Å². The van der Waals surface area contributed by atoms with Crippen molar-refractivity contribution in [2.24, 2.45) is 10.9 Å². The second kappa shape index (κ2) is 9.41. The van der Waals surface area contributed by atoms with Crippen molar-refractivity contribution in [1.29, 1.82) is 5.26 Å². The van der Waals surface area contributed by atoms with Crippen LogP contribution in [-0.2, 0) is 0 Å². The predicted molar refractivity (Wildman–Crippen MR) is 101 cm³/mol. The minimum atomic E-state index is -0.631. The van der Waals surface area contributed by atoms with Crippen molar-refractivity contribution >= 4 is 12.0 Å². The van der Waals surface area contributed by atoms with Gasteiger partial charge in [-0.3, -0.25) is 0 Å². The lowest BCUT2D eigenvalue weighted by Gasteiger charge is -2.33. The van der Waals surface area contributed by atoms with Crippen LogP contribution in [0.1, 0.15) is 25.3 Å². The molecule has 142 valence electrons. The molecule has 0 aliphatic carbocycles. The van der Waals surface area contributed by atoms with Gasteiger partial charge in [-0.25, -0.2) is 4.99 Å². The molecular formula is C19H28N4O3. The normalized spacial score (nSPS) is 19.6. The zero-order valence-electron chi connectivity index (χ0n) is 15.9. The fraction of sp³-hybridized carbons (Fsp3) is 0.579. The summed E-state index contributed by atoms with van der Waals surface area (Å²) < 4.78 is 11.6. The number of hydrogen-bond donors (Lipinski definition) is 2. The molecule has 1 heterocycles. The summed E-state index contributed by atoms with van der Waals surface area (Å²) in [6, 6.07) is 5.45. The molecule has 0 spiro atoms. The number of aliphatic hydroxyl groups is 1. The lowest BCUT2D eigenvalue weighted by molar-refractivity contribution is 0.00245. The van der Waals surface area contributed by atoms with E-state index in [0.717, 1.165) is 25.9 Å². The van der Waals surface area contributed by atoms with Crippen molar-refractivity contribution in [3.05, 3.63) is 17.7 Å². The molecule has 1 fully saturated rings. The van der Waals surface area contributed by atoms with Crippen LogP contribution in [0.4, 0.5) is 5.69 Å². The van der Waals surface area contributed by atoms with Crippen molar-refractivity contribution in [2.45, 2.75) is 32.0 Å². The predicted octanol–water partition coefficient (Wildman–Crippen LogP) is 1.92. The van der Waals surface area contributed by atoms with Crippen LogP contribution >= 0.6 is 0 Å². The van der Waals surface area contributed by atoms with Crippen LogP contribution in [0, 0.1) is 17.2 Å². The second-order valence-corrected chi connectivity index (χ2v) is 6.77. The molecule has 1 aliphatic rings. The number of nitrogens with one attached hydrogen (secondary N) is 1. The number of hydrogen-bond acceptors (Lipinski definition) is 6. The van der Waals surface area contributed by atoms with Crippen LogP contribution < -0.4 is 14.8 Å². The number of nitrogens with zero attached hydrogens (tertiary/aromatic N) is 3. The highest BCUT2D eigenvalue weighted by atomic mass is 16.5. The Kier molecular flexibility index (Phi) is 7.25. The molecule has 1 aliphatic heterocycles. The molecule has 0 saturated carbocycles. The largest absolute Gasteiger partial charge is 0.493 e. The Balaban J connectivity index is 2.35. The van der Waals surface area contributed by atoms with Gasteiger partial charge in [0.2, 0.25) is 0 Å². The van der Waals surface area contributed by atoms with Gasteiger partial charge in [-0.15, -0.1) is 0 Å². The van der Waals surface area contributed by atoms with E-state index in [2.05, 4.69) is 16.4 Å². The zero-order valence-corrected chi connectivity index (χ0v) is 15.9. The van der Waals surface area contributed by atoms with E-state index < -0.39 is 6.10 Å². The summed E-state index contributed by atoms with van der Waals surface area (Å²) >= 11 is 0. The van der Waals surface area contributed by atoms with E-state index in [-0.39, 0.29) is 12.0 Å². The molecule has 26 heavy (non-hydrogen) atoms. The highest BCUT2D eigenvalue weighted by molar-refractivity contribution is 5.68. The van der Waals surface area contributed by atoms with Crippen LogP contribution in [0.25, 0.3) is 0 Å². The van der Waals surface area contributed by atoms with Gasteiger partial charge in [0.05, 0.1) is 30.8 Å². The minimum absolute atomic E-state index is 0.206. The van der Waals surface area contributed by atoms with Crippen molar-refractivity contribution in [2.75, 3.05) is 34.3 Å². The number of piperidine rings is 1. The first kappa shape index (κ1) is 20.0. The minimum Gasteiger partial charge on any atom is -0.493 e. The molecule has 2 rings (SSSR count). The van der Waals surface area contributed by atoms with Gasteiger partial charge in [0, 0.05) is 38.7 Å². The zero-order chi connectivity index (χ0) is 19.1. The standard InChI is InChI=1S/C19H28N4O3/c1-13(24)19(14-6-5-7-21-11-14)26-18-9-16(22-12-23(2)3)15(10-20)8-17(18)25-4/h8-9,12-14,19,21,24H,5-7,11H2,1-4H3/t13-,14?,19?/m0/s1. The molecule has 1 saturated heterocycles. The summed E-state index contributed by atoms with van der Waals surface area (Å²) in [5.74, 6) is 1.14. The van der Waals surface area contributed by atoms with Crippen LogP contribution in [-0.4, -0.2) is 62.8 Å². The Bertz CT molecular complexity index is 661. The Labute approximate surface area is 155 Å². The van der Waals surface area contributed by atoms with Gasteiger partial charge in [0.25, 0.3) is 0 Å². The first-order valence-corrected chi connectivity index (χ1v) is 8.84. The third-order valence-electron chi connectivity index (χ3n) is 4.37. The Morgan fingerprint density at radius 2 is 2.19 bits per heavy atom. The summed E-state index contributed by atoms with van der Waals surface area (Å²) in [5.41, 5.74) is 0.906. The van der Waals surface area contributed by atoms with E-state index in [0.29, 0.717) is 22.7 Å². The first-order valence-electron chi connectivity index (χ1n) is 8.84. The second-order valence-electron chi connectivity index (χ2n) is 6.77. The number of ether oxygens (including phenoxy) is 2. The molecule has 1 aromatic carbocycles. The van der Waals surface area contributed by atoms with Crippen LogP contribution in [0.5, 0.6) is 11.5 Å². The number of nitriles is 1. The topological polar surface area (TPSA) is 90.1 Å². The highest BCUT2D eigenvalue weighted by Gasteiger charge is 2.30. The van der Waals surface area contributed by atoms with E-state index in [4.69, 9.17) is 9.47 Å². The molecule has 1 aromatic rings. The van der Waals surface area contributed by atoms with E-state index in [1.54, 1.807) is 30.3 Å². The lowest BCUT2D eigenvalue weighted by Crippen LogP contribution is -2.44. The molecule has 0 amide bonds. The third kappa shape index (κ3) is 5.10. The van der Waals surface area contributed by atoms with E-state index >= 15 is 0 Å². The third-order valence-corrected chi connectivity index (χ3v) is 4.37. The Morgan fingerprint density at radius 1 is 1.42 bits per heavy atom. The van der Waals surface area contributed by atoms with Crippen molar-refractivity contribution in [1.82, 2.24) is 10.2 Å². The summed E-state index contributed by atoms with van der Waals surface area (Å²) in [5, 5.41) is 23.0. The average Bonchev–Trinajstić information content (AvgIpc) is 2.64. The maximum absolute atomic E-state index is 10.3. The number of benzene rings is 1. The maximum Gasteiger partial charge on any atom is 0.163 e. The summed E-state index contributed by atoms with van der Waals surface area (Å²) in [7, 11) is 5.25. The highest BCUT2D eigenvalue weighted by Crippen LogP contribution is 2.36. The van der Waals surface area contributed by atoms with Gasteiger partial charge in [0.1, 0.15) is 12.2 Å². The van der Waals surface area contributed by atoms with E-state index in [1.165, 1.54) is 7.11 Å². The van der Waals surface area contributed by atoms with Gasteiger partial charge in [0.15, 0.2) is 11.5 Å². The monoisotopic (exact) mass is 360 g/mol. The maximum atomic E-state index is 10.3. The smallest absolute Gasteiger partial charge is 0.163 e. The van der Waals surface area contributed by atoms with E-state index in [1.807, 2.05) is 14.1 Å². The van der Waals surface area contributed by atoms with Crippen LogP contribution in [0.2, 0.25) is 0 Å². The summed E-state index contributed by atoms with van der Waals surface area (Å²) in [4.78, 5) is 6.14. The van der Waals surface area contributed by atoms with Crippen molar-refractivity contribution in [3.63, 3.8) is 0 Å². The molecule has 7 heteroatoms. The van der Waals surface area contributed by atoms with Gasteiger partial charge in [-0.2, -0.15) is 5.26 Å². The molecule has 0 bridgehead atoms. The number of rotatable bonds is 7. The summed E-state index contributed by atoms with van der Waals surface area (Å²) in [6.45, 7) is 3.53.